The lowest BCUT2D eigenvalue weighted by Crippen LogP contribution is -2.36. The Kier molecular flexibility index (Phi) is 6.50. The van der Waals surface area contributed by atoms with Crippen molar-refractivity contribution in [1.29, 1.82) is 0 Å². The van der Waals surface area contributed by atoms with Gasteiger partial charge in [0.2, 0.25) is 0 Å². The molecule has 0 spiro atoms. The number of anilines is 1. The first kappa shape index (κ1) is 26.2. The number of aryl methyl sites for hydroxylation is 1. The number of halogens is 8. The third-order valence-electron chi connectivity index (χ3n) is 5.53. The Morgan fingerprint density at radius 1 is 1.14 bits per heavy atom. The van der Waals surface area contributed by atoms with Crippen molar-refractivity contribution in [2.75, 3.05) is 5.32 Å². The molecule has 2 heterocycles. The molecule has 1 aliphatic rings. The van der Waals surface area contributed by atoms with Gasteiger partial charge in [0.05, 0.1) is 12.1 Å². The molecule has 3 aromatic rings. The van der Waals surface area contributed by atoms with Crippen molar-refractivity contribution in [3.63, 3.8) is 0 Å². The fourth-order valence-corrected chi connectivity index (χ4v) is 3.58. The first-order valence-corrected chi connectivity index (χ1v) is 10.6. The van der Waals surface area contributed by atoms with Gasteiger partial charge in [-0.25, -0.2) is 26.7 Å². The van der Waals surface area contributed by atoms with Gasteiger partial charge in [0.25, 0.3) is 11.8 Å². The number of hydrogen-bond donors (Lipinski definition) is 1. The lowest BCUT2D eigenvalue weighted by molar-refractivity contribution is -0.189. The molecule has 4 rings (SSSR count). The SMILES string of the molecule is CC(Oc1cc(-n2nc3n(c2=O)CC(F)(F)CC3)c(F)cc1C(=O)Nc1c(F)cccc1F)C(F)(F)F. The van der Waals surface area contributed by atoms with Gasteiger partial charge in [-0.2, -0.15) is 17.9 Å². The van der Waals surface area contributed by atoms with Gasteiger partial charge in [-0.3, -0.25) is 9.36 Å². The summed E-state index contributed by atoms with van der Waals surface area (Å²) in [6.45, 7) is -0.462. The molecular weight excluding hydrogens is 520 g/mol. The number of nitrogens with zero attached hydrogens (tertiary/aromatic N) is 3. The number of alkyl halides is 5. The quantitative estimate of drug-likeness (QED) is 0.483. The molecule has 1 atom stereocenters. The zero-order valence-electron chi connectivity index (χ0n) is 18.7. The molecular formula is C22H16F8N4O3. The maximum absolute atomic E-state index is 15.1. The van der Waals surface area contributed by atoms with E-state index in [0.29, 0.717) is 28.3 Å². The minimum Gasteiger partial charge on any atom is -0.480 e. The Hall–Kier alpha value is -3.91. The van der Waals surface area contributed by atoms with E-state index in [1.165, 1.54) is 0 Å². The van der Waals surface area contributed by atoms with Crippen LogP contribution in [0.1, 0.15) is 29.5 Å². The Labute approximate surface area is 202 Å². The minimum atomic E-state index is -4.95. The molecule has 198 valence electrons. The zero-order chi connectivity index (χ0) is 27.3. The smallest absolute Gasteiger partial charge is 0.425 e. The van der Waals surface area contributed by atoms with Crippen LogP contribution in [-0.2, 0) is 13.0 Å². The number of rotatable bonds is 5. The number of amides is 1. The molecule has 0 radical (unpaired) electrons. The molecule has 15 heteroatoms. The van der Waals surface area contributed by atoms with Crippen LogP contribution in [0.4, 0.5) is 40.8 Å². The van der Waals surface area contributed by atoms with Gasteiger partial charge < -0.3 is 10.1 Å². The van der Waals surface area contributed by atoms with Crippen molar-refractivity contribution in [3.05, 3.63) is 69.7 Å². The van der Waals surface area contributed by atoms with Crippen molar-refractivity contribution < 1.29 is 44.7 Å². The lowest BCUT2D eigenvalue weighted by Gasteiger charge is -2.21. The van der Waals surface area contributed by atoms with Crippen LogP contribution in [0.25, 0.3) is 5.69 Å². The molecule has 0 saturated heterocycles. The van der Waals surface area contributed by atoms with E-state index in [1.54, 1.807) is 5.32 Å². The molecule has 1 unspecified atom stereocenters. The molecule has 1 aromatic heterocycles. The average Bonchev–Trinajstić information content (AvgIpc) is 3.11. The average molecular weight is 536 g/mol. The third kappa shape index (κ3) is 5.15. The molecule has 0 saturated carbocycles. The molecule has 2 aromatic carbocycles. The van der Waals surface area contributed by atoms with Crippen molar-refractivity contribution in [1.82, 2.24) is 14.3 Å². The summed E-state index contributed by atoms with van der Waals surface area (Å²) in [5.41, 5.74) is -3.85. The fourth-order valence-electron chi connectivity index (χ4n) is 3.58. The number of nitrogens with one attached hydrogen (secondary N) is 1. The summed E-state index contributed by atoms with van der Waals surface area (Å²) in [6.07, 6.45) is -8.46. The molecule has 1 aliphatic heterocycles. The van der Waals surface area contributed by atoms with Gasteiger partial charge >= 0.3 is 11.9 Å². The summed E-state index contributed by atoms with van der Waals surface area (Å²) in [7, 11) is 0. The number of aromatic nitrogens is 3. The molecule has 0 fully saturated rings. The fraction of sp³-hybridized carbons (Fsp3) is 0.318. The highest BCUT2D eigenvalue weighted by molar-refractivity contribution is 6.06. The highest BCUT2D eigenvalue weighted by Crippen LogP contribution is 2.32. The predicted molar refractivity (Wildman–Crippen MR) is 112 cm³/mol. The van der Waals surface area contributed by atoms with Crippen LogP contribution in [0.5, 0.6) is 5.75 Å². The second-order valence-corrected chi connectivity index (χ2v) is 8.20. The second kappa shape index (κ2) is 9.19. The zero-order valence-corrected chi connectivity index (χ0v) is 18.7. The van der Waals surface area contributed by atoms with E-state index in [2.05, 4.69) is 5.10 Å². The Balaban J connectivity index is 1.81. The number of ether oxygens (including phenoxy) is 1. The molecule has 1 N–H and O–H groups in total. The first-order chi connectivity index (χ1) is 17.2. The third-order valence-corrected chi connectivity index (χ3v) is 5.53. The summed E-state index contributed by atoms with van der Waals surface area (Å²) < 4.78 is 116. The Bertz CT molecular complexity index is 1410. The summed E-state index contributed by atoms with van der Waals surface area (Å²) in [6, 6.07) is 3.50. The van der Waals surface area contributed by atoms with E-state index in [-0.39, 0.29) is 12.2 Å². The predicted octanol–water partition coefficient (Wildman–Crippen LogP) is 4.61. The maximum Gasteiger partial charge on any atom is 0.425 e. The van der Waals surface area contributed by atoms with Gasteiger partial charge in [-0.05, 0) is 25.1 Å². The van der Waals surface area contributed by atoms with Gasteiger partial charge in [0.1, 0.15) is 40.4 Å². The molecule has 1 amide bonds. The van der Waals surface area contributed by atoms with Crippen molar-refractivity contribution >= 4 is 11.6 Å². The maximum atomic E-state index is 15.1. The van der Waals surface area contributed by atoms with E-state index >= 15 is 4.39 Å². The number of carbonyl (C=O) groups is 1. The summed E-state index contributed by atoms with van der Waals surface area (Å²) in [4.78, 5) is 25.4. The summed E-state index contributed by atoms with van der Waals surface area (Å²) in [5, 5.41) is 5.60. The lowest BCUT2D eigenvalue weighted by atomic mass is 10.1. The first-order valence-electron chi connectivity index (χ1n) is 10.6. The normalized spacial score (nSPS) is 15.7. The highest BCUT2D eigenvalue weighted by atomic mass is 19.4. The van der Waals surface area contributed by atoms with Crippen molar-refractivity contribution in [2.45, 2.75) is 44.5 Å². The van der Waals surface area contributed by atoms with Gasteiger partial charge in [-0.15, -0.1) is 5.10 Å². The van der Waals surface area contributed by atoms with Crippen LogP contribution in [0.3, 0.4) is 0 Å². The largest absolute Gasteiger partial charge is 0.480 e. The topological polar surface area (TPSA) is 78.2 Å². The Morgan fingerprint density at radius 2 is 1.78 bits per heavy atom. The summed E-state index contributed by atoms with van der Waals surface area (Å²) in [5.74, 6) is -9.52. The second-order valence-electron chi connectivity index (χ2n) is 8.20. The highest BCUT2D eigenvalue weighted by Gasteiger charge is 2.40. The van der Waals surface area contributed by atoms with Gasteiger partial charge in [0, 0.05) is 18.9 Å². The standard InChI is InChI=1S/C22H16F8N4O3/c1-10(22(28,29)30)37-16-8-15(34-20(36)33-9-21(26,27)6-5-17(33)32-34)14(25)7-11(16)19(35)31-18-12(23)3-2-4-13(18)24/h2-4,7-8,10H,5-6,9H2,1H3,(H,31,35). The number of carbonyl (C=O) groups excluding carboxylic acids is 1. The van der Waals surface area contributed by atoms with Gasteiger partial charge in [-0.1, -0.05) is 6.07 Å². The molecule has 7 nitrogen and oxygen atoms in total. The van der Waals surface area contributed by atoms with Crippen LogP contribution < -0.4 is 15.7 Å². The van der Waals surface area contributed by atoms with Gasteiger partial charge in [0.15, 0.2) is 6.10 Å². The van der Waals surface area contributed by atoms with Crippen LogP contribution in [-0.4, -0.2) is 38.5 Å². The number of benzene rings is 2. The van der Waals surface area contributed by atoms with E-state index in [1.807, 2.05) is 0 Å². The van der Waals surface area contributed by atoms with E-state index < -0.39 is 82.9 Å². The molecule has 0 bridgehead atoms. The van der Waals surface area contributed by atoms with Crippen LogP contribution in [0, 0.1) is 17.5 Å². The number of fused-ring (bicyclic) bond motifs is 1. The van der Waals surface area contributed by atoms with Crippen LogP contribution in [0.15, 0.2) is 35.1 Å². The molecule has 0 aliphatic carbocycles. The van der Waals surface area contributed by atoms with Crippen LogP contribution in [0.2, 0.25) is 0 Å². The minimum absolute atomic E-state index is 0.113. The summed E-state index contributed by atoms with van der Waals surface area (Å²) >= 11 is 0. The van der Waals surface area contributed by atoms with E-state index in [0.717, 1.165) is 18.2 Å². The Morgan fingerprint density at radius 3 is 2.41 bits per heavy atom. The van der Waals surface area contributed by atoms with Crippen molar-refractivity contribution in [3.8, 4) is 11.4 Å². The number of para-hydroxylation sites is 1. The van der Waals surface area contributed by atoms with Crippen molar-refractivity contribution in [2.24, 2.45) is 0 Å². The number of hydrogen-bond acceptors (Lipinski definition) is 4. The van der Waals surface area contributed by atoms with E-state index in [9.17, 15) is 40.3 Å². The van der Waals surface area contributed by atoms with E-state index in [4.69, 9.17) is 4.74 Å². The van der Waals surface area contributed by atoms with Crippen LogP contribution >= 0.6 is 0 Å². The monoisotopic (exact) mass is 536 g/mol. The molecule has 37 heavy (non-hydrogen) atoms.